The lowest BCUT2D eigenvalue weighted by Crippen LogP contribution is -2.42. The number of ether oxygens (including phenoxy) is 2. The molecule has 4 atom stereocenters. The van der Waals surface area contributed by atoms with Crippen LogP contribution in [0.4, 0.5) is 4.39 Å². The summed E-state index contributed by atoms with van der Waals surface area (Å²) < 4.78 is 24.7. The Morgan fingerprint density at radius 3 is 2.81 bits per heavy atom. The molecule has 0 saturated carbocycles. The fourth-order valence-electron chi connectivity index (χ4n) is 1.98. The molecule has 8 nitrogen and oxygen atoms in total. The number of aliphatic hydroxyl groups is 3. The Kier molecular flexibility index (Phi) is 4.57. The normalized spacial score (nSPS) is 32.3. The summed E-state index contributed by atoms with van der Waals surface area (Å²) >= 11 is 0. The van der Waals surface area contributed by atoms with Gasteiger partial charge >= 0.3 is 5.69 Å². The average Bonchev–Trinajstić information content (AvgIpc) is 2.70. The summed E-state index contributed by atoms with van der Waals surface area (Å²) in [6.07, 6.45) is -3.23. The van der Waals surface area contributed by atoms with Crippen LogP contribution in [0.3, 0.4) is 0 Å². The standard InChI is InChI=1S/C12H17FN2O6/c1-2-5-20-7-3-4-15(11(19)14-7)10-8(17)9(18)12(13,6-16)21-10/h3-4,8-10,16-18H,2,5-6H2,1H3/t8-,9+,10-,12-/m1/s1. The number of aliphatic hydroxyl groups excluding tert-OH is 3. The van der Waals surface area contributed by atoms with Crippen LogP contribution in [0.1, 0.15) is 19.6 Å². The highest BCUT2D eigenvalue weighted by atomic mass is 19.2. The minimum atomic E-state index is -2.83. The lowest BCUT2D eigenvalue weighted by atomic mass is 10.1. The second-order valence-electron chi connectivity index (χ2n) is 4.69. The van der Waals surface area contributed by atoms with Crippen LogP contribution in [0.5, 0.6) is 5.88 Å². The predicted octanol–water partition coefficient (Wildman–Crippen LogP) is -1.06. The van der Waals surface area contributed by atoms with Crippen LogP contribution in [0.15, 0.2) is 17.1 Å². The topological polar surface area (TPSA) is 114 Å². The fraction of sp³-hybridized carbons (Fsp3) is 0.667. The van der Waals surface area contributed by atoms with Crippen molar-refractivity contribution in [3.63, 3.8) is 0 Å². The van der Waals surface area contributed by atoms with Gasteiger partial charge < -0.3 is 24.8 Å². The largest absolute Gasteiger partial charge is 0.478 e. The summed E-state index contributed by atoms with van der Waals surface area (Å²) in [7, 11) is 0. The van der Waals surface area contributed by atoms with E-state index in [0.717, 1.165) is 11.0 Å². The van der Waals surface area contributed by atoms with Crippen LogP contribution in [-0.2, 0) is 4.74 Å². The summed E-state index contributed by atoms with van der Waals surface area (Å²) in [5.41, 5.74) is -0.831. The molecule has 3 N–H and O–H groups in total. The van der Waals surface area contributed by atoms with E-state index in [-0.39, 0.29) is 5.88 Å². The molecule has 1 aliphatic rings. The molecule has 1 fully saturated rings. The molecule has 2 rings (SSSR count). The number of alkyl halides is 1. The minimum absolute atomic E-state index is 0.0970. The van der Waals surface area contributed by atoms with Gasteiger partial charge in [-0.15, -0.1) is 0 Å². The van der Waals surface area contributed by atoms with Crippen molar-refractivity contribution >= 4 is 0 Å². The highest BCUT2D eigenvalue weighted by molar-refractivity contribution is 5.07. The maximum Gasteiger partial charge on any atom is 0.353 e. The summed E-state index contributed by atoms with van der Waals surface area (Å²) in [5, 5.41) is 28.2. The van der Waals surface area contributed by atoms with Gasteiger partial charge in [-0.25, -0.2) is 9.18 Å². The maximum atomic E-state index is 14.0. The lowest BCUT2D eigenvalue weighted by Gasteiger charge is -2.19. The molecular formula is C12H17FN2O6. The molecular weight excluding hydrogens is 287 g/mol. The van der Waals surface area contributed by atoms with E-state index in [4.69, 9.17) is 14.6 Å². The van der Waals surface area contributed by atoms with E-state index in [1.807, 2.05) is 6.92 Å². The van der Waals surface area contributed by atoms with Crippen LogP contribution in [0.25, 0.3) is 0 Å². The van der Waals surface area contributed by atoms with Gasteiger partial charge in [-0.3, -0.25) is 4.57 Å². The van der Waals surface area contributed by atoms with Crippen molar-refractivity contribution in [1.82, 2.24) is 9.55 Å². The molecule has 0 spiro atoms. The Hall–Kier alpha value is -1.55. The SMILES string of the molecule is CCCOc1ccn([C@@H]2O[C@](F)(CO)[C@@H](O)[C@H]2O)c(=O)n1. The van der Waals surface area contributed by atoms with Gasteiger partial charge in [0.05, 0.1) is 6.61 Å². The summed E-state index contributed by atoms with van der Waals surface area (Å²) in [5.74, 6) is -2.74. The van der Waals surface area contributed by atoms with E-state index >= 15 is 0 Å². The van der Waals surface area contributed by atoms with Crippen LogP contribution in [0, 0.1) is 0 Å². The van der Waals surface area contributed by atoms with Crippen molar-refractivity contribution < 1.29 is 29.2 Å². The highest BCUT2D eigenvalue weighted by Gasteiger charge is 2.55. The van der Waals surface area contributed by atoms with Crippen LogP contribution in [-0.4, -0.2) is 56.1 Å². The summed E-state index contributed by atoms with van der Waals surface area (Å²) in [4.78, 5) is 15.5. The van der Waals surface area contributed by atoms with Gasteiger partial charge in [0.2, 0.25) is 5.88 Å². The lowest BCUT2D eigenvalue weighted by molar-refractivity contribution is -0.207. The zero-order chi connectivity index (χ0) is 15.6. The van der Waals surface area contributed by atoms with E-state index in [2.05, 4.69) is 4.98 Å². The number of nitrogens with zero attached hydrogens (tertiary/aromatic N) is 2. The average molecular weight is 304 g/mol. The molecule has 0 radical (unpaired) electrons. The third-order valence-corrected chi connectivity index (χ3v) is 3.12. The summed E-state index contributed by atoms with van der Waals surface area (Å²) in [6, 6.07) is 1.36. The van der Waals surface area contributed by atoms with E-state index in [1.54, 1.807) is 0 Å². The molecule has 0 unspecified atom stereocenters. The van der Waals surface area contributed by atoms with Crippen LogP contribution >= 0.6 is 0 Å². The first-order valence-corrected chi connectivity index (χ1v) is 6.48. The second-order valence-corrected chi connectivity index (χ2v) is 4.69. The van der Waals surface area contributed by atoms with Crippen molar-refractivity contribution in [2.24, 2.45) is 0 Å². The van der Waals surface area contributed by atoms with E-state index in [9.17, 15) is 19.4 Å². The van der Waals surface area contributed by atoms with E-state index in [1.165, 1.54) is 12.3 Å². The third-order valence-electron chi connectivity index (χ3n) is 3.12. The molecule has 1 aromatic rings. The molecule has 118 valence electrons. The Bertz CT molecular complexity index is 553. The van der Waals surface area contributed by atoms with Crippen LogP contribution in [0.2, 0.25) is 0 Å². The van der Waals surface area contributed by atoms with Crippen molar-refractivity contribution in [2.45, 2.75) is 37.6 Å². The Morgan fingerprint density at radius 1 is 1.57 bits per heavy atom. The quantitative estimate of drug-likeness (QED) is 0.635. The summed E-state index contributed by atoms with van der Waals surface area (Å²) in [6.45, 7) is 1.12. The van der Waals surface area contributed by atoms with Crippen molar-refractivity contribution in [1.29, 1.82) is 0 Å². The molecule has 0 aromatic carbocycles. The number of rotatable bonds is 5. The van der Waals surface area contributed by atoms with Gasteiger partial charge in [-0.1, -0.05) is 6.92 Å². The van der Waals surface area contributed by atoms with Gasteiger partial charge in [0.25, 0.3) is 5.85 Å². The van der Waals surface area contributed by atoms with Gasteiger partial charge in [0, 0.05) is 12.3 Å². The molecule has 1 aliphatic heterocycles. The molecule has 0 aliphatic carbocycles. The zero-order valence-electron chi connectivity index (χ0n) is 11.3. The number of hydrogen-bond acceptors (Lipinski definition) is 7. The highest BCUT2D eigenvalue weighted by Crippen LogP contribution is 2.37. The maximum absolute atomic E-state index is 14.0. The molecule has 21 heavy (non-hydrogen) atoms. The first kappa shape index (κ1) is 15.8. The van der Waals surface area contributed by atoms with Crippen molar-refractivity contribution in [3.05, 3.63) is 22.7 Å². The first-order chi connectivity index (χ1) is 9.92. The molecule has 2 heterocycles. The Morgan fingerprint density at radius 2 is 2.29 bits per heavy atom. The van der Waals surface area contributed by atoms with Crippen molar-refractivity contribution in [3.8, 4) is 5.88 Å². The van der Waals surface area contributed by atoms with Gasteiger partial charge in [-0.05, 0) is 6.42 Å². The molecule has 0 amide bonds. The van der Waals surface area contributed by atoms with Gasteiger partial charge in [0.1, 0.15) is 18.8 Å². The van der Waals surface area contributed by atoms with Crippen LogP contribution < -0.4 is 10.4 Å². The van der Waals surface area contributed by atoms with Crippen molar-refractivity contribution in [2.75, 3.05) is 13.2 Å². The Balaban J connectivity index is 2.25. The third kappa shape index (κ3) is 2.91. The smallest absolute Gasteiger partial charge is 0.353 e. The number of halogens is 1. The molecule has 0 bridgehead atoms. The number of aromatic nitrogens is 2. The molecule has 1 saturated heterocycles. The second kappa shape index (κ2) is 6.06. The zero-order valence-corrected chi connectivity index (χ0v) is 11.3. The van der Waals surface area contributed by atoms with E-state index < -0.39 is 36.6 Å². The van der Waals surface area contributed by atoms with Gasteiger partial charge in [0.15, 0.2) is 6.23 Å². The monoisotopic (exact) mass is 304 g/mol. The van der Waals surface area contributed by atoms with Gasteiger partial charge in [-0.2, -0.15) is 4.98 Å². The molecule has 9 heteroatoms. The molecule has 1 aromatic heterocycles. The predicted molar refractivity (Wildman–Crippen MR) is 67.3 cm³/mol. The Labute approximate surface area is 119 Å². The van der Waals surface area contributed by atoms with E-state index in [0.29, 0.717) is 6.61 Å². The minimum Gasteiger partial charge on any atom is -0.478 e. The number of hydrogen-bond donors (Lipinski definition) is 3. The fourth-order valence-corrected chi connectivity index (χ4v) is 1.98. The first-order valence-electron chi connectivity index (χ1n) is 6.48.